The van der Waals surface area contributed by atoms with Crippen molar-refractivity contribution in [1.82, 2.24) is 0 Å². The van der Waals surface area contributed by atoms with Crippen LogP contribution in [-0.4, -0.2) is 11.3 Å². The average Bonchev–Trinajstić information content (AvgIpc) is 2.26. The monoisotopic (exact) mass is 187 g/mol. The van der Waals surface area contributed by atoms with Crippen LogP contribution in [0.1, 0.15) is 24.9 Å². The van der Waals surface area contributed by atoms with Crippen LogP contribution >= 0.6 is 0 Å². The summed E-state index contributed by atoms with van der Waals surface area (Å²) >= 11 is 0. The molecule has 14 heavy (non-hydrogen) atoms. The summed E-state index contributed by atoms with van der Waals surface area (Å²) in [6, 6.07) is 10.7. The van der Waals surface area contributed by atoms with Crippen molar-refractivity contribution in [2.24, 2.45) is 0 Å². The zero-order valence-corrected chi connectivity index (χ0v) is 8.69. The molecule has 0 fully saturated rings. The van der Waals surface area contributed by atoms with Crippen LogP contribution in [0.4, 0.5) is 0 Å². The summed E-state index contributed by atoms with van der Waals surface area (Å²) < 4.78 is 1.97. The minimum Gasteiger partial charge on any atom is -0.365 e. The van der Waals surface area contributed by atoms with Gasteiger partial charge in [-0.15, -0.1) is 6.58 Å². The fourth-order valence-electron chi connectivity index (χ4n) is 1.29. The van der Waals surface area contributed by atoms with E-state index in [9.17, 15) is 0 Å². The third-order valence-corrected chi connectivity index (χ3v) is 2.29. The SMILES string of the molecule is C=CC[CH-][N+](=C)[C@H](C)c1ccccc1. The van der Waals surface area contributed by atoms with E-state index in [0.717, 1.165) is 6.42 Å². The van der Waals surface area contributed by atoms with Crippen LogP contribution in [0.15, 0.2) is 43.0 Å². The molecule has 0 unspecified atom stereocenters. The van der Waals surface area contributed by atoms with Gasteiger partial charge in [-0.05, 0) is 20.1 Å². The van der Waals surface area contributed by atoms with Gasteiger partial charge >= 0.3 is 0 Å². The topological polar surface area (TPSA) is 3.01 Å². The van der Waals surface area contributed by atoms with Gasteiger partial charge in [0.25, 0.3) is 0 Å². The molecule has 0 spiro atoms. The molecule has 1 aromatic carbocycles. The summed E-state index contributed by atoms with van der Waals surface area (Å²) in [6.45, 7) is 11.8. The normalized spacial score (nSPS) is 11.8. The molecule has 0 aliphatic heterocycles. The first-order valence-corrected chi connectivity index (χ1v) is 4.83. The van der Waals surface area contributed by atoms with Gasteiger partial charge in [-0.1, -0.05) is 36.4 Å². The molecule has 1 atom stereocenters. The molecule has 0 saturated heterocycles. The largest absolute Gasteiger partial charge is 0.365 e. The molecule has 0 amide bonds. The number of benzene rings is 1. The van der Waals surface area contributed by atoms with Gasteiger partial charge in [0.15, 0.2) is 0 Å². The Labute approximate surface area is 86.4 Å². The summed E-state index contributed by atoms with van der Waals surface area (Å²) in [4.78, 5) is 0. The van der Waals surface area contributed by atoms with Gasteiger partial charge in [-0.3, -0.25) is 0 Å². The third-order valence-electron chi connectivity index (χ3n) is 2.29. The van der Waals surface area contributed by atoms with Gasteiger partial charge in [-0.2, -0.15) is 0 Å². The molecule has 0 bridgehead atoms. The summed E-state index contributed by atoms with van der Waals surface area (Å²) in [7, 11) is 0. The van der Waals surface area contributed by atoms with Crippen molar-refractivity contribution in [2.75, 3.05) is 0 Å². The highest BCUT2D eigenvalue weighted by atomic mass is 15.0. The first-order chi connectivity index (χ1) is 6.75. The fourth-order valence-corrected chi connectivity index (χ4v) is 1.29. The molecule has 0 N–H and O–H groups in total. The standard InChI is InChI=1S/C13H17N/c1-4-5-11-14(3)12(2)13-9-7-6-8-10-13/h4,6-12H,1,3,5H2,2H3/t12-/m1/s1. The van der Waals surface area contributed by atoms with Crippen LogP contribution in [0.3, 0.4) is 0 Å². The number of nitrogens with zero attached hydrogens (tertiary/aromatic N) is 1. The Balaban J connectivity index is 2.61. The molecule has 0 aliphatic carbocycles. The van der Waals surface area contributed by atoms with E-state index < -0.39 is 0 Å². The van der Waals surface area contributed by atoms with Gasteiger partial charge in [-0.25, -0.2) is 0 Å². The van der Waals surface area contributed by atoms with Gasteiger partial charge in [0.05, 0.1) is 0 Å². The van der Waals surface area contributed by atoms with E-state index >= 15 is 0 Å². The van der Waals surface area contributed by atoms with Crippen molar-refractivity contribution in [1.29, 1.82) is 0 Å². The maximum atomic E-state index is 3.98. The summed E-state index contributed by atoms with van der Waals surface area (Å²) in [5.74, 6) is 0. The molecule has 1 nitrogen and oxygen atoms in total. The summed E-state index contributed by atoms with van der Waals surface area (Å²) in [5.41, 5.74) is 1.28. The van der Waals surface area contributed by atoms with E-state index in [-0.39, 0.29) is 0 Å². The second-order valence-corrected chi connectivity index (χ2v) is 3.31. The molecule has 0 heterocycles. The van der Waals surface area contributed by atoms with Crippen LogP contribution in [-0.2, 0) is 0 Å². The van der Waals surface area contributed by atoms with Gasteiger partial charge in [0.2, 0.25) is 0 Å². The molecular formula is C13H17N. The predicted molar refractivity (Wildman–Crippen MR) is 61.4 cm³/mol. The highest BCUT2D eigenvalue weighted by molar-refractivity contribution is 5.20. The van der Waals surface area contributed by atoms with Gasteiger partial charge in [0, 0.05) is 12.1 Å². The van der Waals surface area contributed by atoms with Crippen molar-refractivity contribution in [3.8, 4) is 0 Å². The Bertz CT molecular complexity index is 300. The van der Waals surface area contributed by atoms with Gasteiger partial charge < -0.3 is 4.58 Å². The van der Waals surface area contributed by atoms with Crippen molar-refractivity contribution in [3.05, 3.63) is 55.1 Å². The first kappa shape index (κ1) is 10.6. The van der Waals surface area contributed by atoms with Crippen molar-refractivity contribution >= 4 is 6.72 Å². The smallest absolute Gasteiger partial charge is 0.148 e. The Hall–Kier alpha value is -1.50. The number of rotatable bonds is 5. The zero-order valence-electron chi connectivity index (χ0n) is 8.69. The maximum Gasteiger partial charge on any atom is 0.148 e. The lowest BCUT2D eigenvalue weighted by atomic mass is 10.1. The third kappa shape index (κ3) is 2.77. The highest BCUT2D eigenvalue weighted by Gasteiger charge is 2.08. The Morgan fingerprint density at radius 1 is 1.43 bits per heavy atom. The van der Waals surface area contributed by atoms with Crippen LogP contribution < -0.4 is 0 Å². The number of hydrogen-bond acceptors (Lipinski definition) is 0. The summed E-state index contributed by atoms with van der Waals surface area (Å²) in [5, 5.41) is 0. The second kappa shape index (κ2) is 5.28. The molecular weight excluding hydrogens is 170 g/mol. The fraction of sp³-hybridized carbons (Fsp3) is 0.231. The molecule has 1 rings (SSSR count). The van der Waals surface area contributed by atoms with E-state index in [1.165, 1.54) is 5.56 Å². The van der Waals surface area contributed by atoms with E-state index in [1.54, 1.807) is 0 Å². The van der Waals surface area contributed by atoms with Crippen LogP contribution in [0.5, 0.6) is 0 Å². The van der Waals surface area contributed by atoms with E-state index in [2.05, 4.69) is 32.4 Å². The van der Waals surface area contributed by atoms with E-state index in [4.69, 9.17) is 0 Å². The summed E-state index contributed by atoms with van der Waals surface area (Å²) in [6.07, 6.45) is 2.73. The van der Waals surface area contributed by atoms with E-state index in [0.29, 0.717) is 6.04 Å². The molecule has 0 aliphatic rings. The van der Waals surface area contributed by atoms with Crippen molar-refractivity contribution < 1.29 is 4.58 Å². The van der Waals surface area contributed by atoms with Gasteiger partial charge in [0.1, 0.15) is 6.04 Å². The Morgan fingerprint density at radius 2 is 2.07 bits per heavy atom. The molecule has 0 aromatic heterocycles. The van der Waals surface area contributed by atoms with Crippen molar-refractivity contribution in [3.63, 3.8) is 0 Å². The molecule has 0 radical (unpaired) electrons. The Morgan fingerprint density at radius 3 is 2.64 bits per heavy atom. The average molecular weight is 187 g/mol. The molecule has 74 valence electrons. The Kier molecular flexibility index (Phi) is 3.99. The minimum absolute atomic E-state index is 0.316. The lowest BCUT2D eigenvalue weighted by Crippen LogP contribution is -2.11. The van der Waals surface area contributed by atoms with Crippen molar-refractivity contribution in [2.45, 2.75) is 19.4 Å². The maximum absolute atomic E-state index is 3.98. The molecule has 0 saturated carbocycles. The lowest BCUT2D eigenvalue weighted by Gasteiger charge is -2.15. The first-order valence-electron chi connectivity index (χ1n) is 4.83. The van der Waals surface area contributed by atoms with Crippen LogP contribution in [0.25, 0.3) is 0 Å². The second-order valence-electron chi connectivity index (χ2n) is 3.31. The quantitative estimate of drug-likeness (QED) is 0.288. The minimum atomic E-state index is 0.316. The van der Waals surface area contributed by atoms with E-state index in [1.807, 2.05) is 35.4 Å². The highest BCUT2D eigenvalue weighted by Crippen LogP contribution is 2.16. The van der Waals surface area contributed by atoms with Crippen LogP contribution in [0.2, 0.25) is 0 Å². The molecule has 1 heteroatoms. The number of hydrogen-bond donors (Lipinski definition) is 0. The lowest BCUT2D eigenvalue weighted by molar-refractivity contribution is -0.523. The molecule has 1 aromatic rings. The predicted octanol–water partition coefficient (Wildman–Crippen LogP) is 3.20. The zero-order chi connectivity index (χ0) is 10.4. The van der Waals surface area contributed by atoms with Crippen LogP contribution in [0, 0.1) is 6.54 Å².